The summed E-state index contributed by atoms with van der Waals surface area (Å²) in [6.45, 7) is 2.03. The Morgan fingerprint density at radius 2 is 1.71 bits per heavy atom. The molecule has 0 aliphatic rings. The number of nitriles is 1. The number of aromatic nitrogens is 4. The van der Waals surface area contributed by atoms with Crippen LogP contribution in [0.5, 0.6) is 0 Å². The van der Waals surface area contributed by atoms with Crippen molar-refractivity contribution in [3.05, 3.63) is 101 Å². The average molecular weight is 505 g/mol. The molecule has 9 heteroatoms. The first-order chi connectivity index (χ1) is 18.3. The van der Waals surface area contributed by atoms with Crippen LogP contribution in [0.15, 0.2) is 83.8 Å². The summed E-state index contributed by atoms with van der Waals surface area (Å²) < 4.78 is 1.74. The van der Waals surface area contributed by atoms with E-state index in [2.05, 4.69) is 27.0 Å². The lowest BCUT2D eigenvalue weighted by atomic mass is 10.0. The summed E-state index contributed by atoms with van der Waals surface area (Å²) in [5.41, 5.74) is 15.3. The number of hydrogen-bond donors (Lipinski definition) is 2. The molecule has 0 amide bonds. The first-order valence-corrected chi connectivity index (χ1v) is 12.0. The monoisotopic (exact) mass is 504 g/mol. The second-order valence-electron chi connectivity index (χ2n) is 8.64. The third-order valence-corrected chi connectivity index (χ3v) is 5.93. The predicted octanol–water partition coefficient (Wildman–Crippen LogP) is 4.19. The molecule has 0 radical (unpaired) electrons. The molecule has 4 N–H and O–H groups in total. The third kappa shape index (κ3) is 5.29. The van der Waals surface area contributed by atoms with Crippen molar-refractivity contribution < 1.29 is 0 Å². The van der Waals surface area contributed by atoms with Crippen LogP contribution in [0.25, 0.3) is 27.7 Å². The van der Waals surface area contributed by atoms with Crippen LogP contribution in [0.3, 0.4) is 0 Å². The van der Waals surface area contributed by atoms with E-state index < -0.39 is 0 Å². The highest BCUT2D eigenvalue weighted by atomic mass is 16.1. The van der Waals surface area contributed by atoms with Crippen LogP contribution in [0.4, 0.5) is 17.5 Å². The minimum absolute atomic E-state index is 0.0288. The first kappa shape index (κ1) is 25.9. The number of benzene rings is 3. The number of nitrogen functional groups attached to an aromatic ring is 2. The number of rotatable bonds is 4. The lowest BCUT2D eigenvalue weighted by Gasteiger charge is -2.16. The number of hydrogen-bond acceptors (Lipinski definition) is 8. The normalized spacial score (nSPS) is 10.4. The molecule has 3 aromatic carbocycles. The Hall–Kier alpha value is -5.23. The highest BCUT2D eigenvalue weighted by Crippen LogP contribution is 2.29. The van der Waals surface area contributed by atoms with Crippen LogP contribution >= 0.6 is 0 Å². The van der Waals surface area contributed by atoms with Crippen LogP contribution < -0.4 is 21.9 Å². The SMILES string of the molecule is CCc1nc2cccc(-c3cccc(N(C)C)c3)c2c(=O)n1-c1ccccc1.N#Cc1cnc(N)nc1N. The summed E-state index contributed by atoms with van der Waals surface area (Å²) in [6, 6.07) is 25.7. The summed E-state index contributed by atoms with van der Waals surface area (Å²) in [4.78, 5) is 27.7. The average Bonchev–Trinajstić information content (AvgIpc) is 2.93. The molecular weight excluding hydrogens is 476 g/mol. The Morgan fingerprint density at radius 3 is 2.37 bits per heavy atom. The minimum atomic E-state index is -0.0288. The number of nitrogens with two attached hydrogens (primary N) is 2. The second-order valence-corrected chi connectivity index (χ2v) is 8.64. The fourth-order valence-corrected chi connectivity index (χ4v) is 4.04. The van der Waals surface area contributed by atoms with E-state index in [9.17, 15) is 4.79 Å². The van der Waals surface area contributed by atoms with E-state index >= 15 is 0 Å². The zero-order valence-corrected chi connectivity index (χ0v) is 21.5. The van der Waals surface area contributed by atoms with Gasteiger partial charge in [0.25, 0.3) is 5.56 Å². The molecule has 5 aromatic rings. The molecule has 0 aliphatic heterocycles. The first-order valence-electron chi connectivity index (χ1n) is 12.0. The number of anilines is 3. The van der Waals surface area contributed by atoms with Gasteiger partial charge in [-0.1, -0.05) is 49.4 Å². The van der Waals surface area contributed by atoms with E-state index in [1.54, 1.807) is 4.57 Å². The predicted molar refractivity (Wildman–Crippen MR) is 152 cm³/mol. The zero-order chi connectivity index (χ0) is 27.2. The highest BCUT2D eigenvalue weighted by molar-refractivity contribution is 5.94. The van der Waals surface area contributed by atoms with Gasteiger partial charge in [-0.3, -0.25) is 9.36 Å². The molecule has 0 aliphatic carbocycles. The van der Waals surface area contributed by atoms with Gasteiger partial charge in [-0.15, -0.1) is 0 Å². The van der Waals surface area contributed by atoms with Gasteiger partial charge in [0, 0.05) is 26.2 Å². The number of fused-ring (bicyclic) bond motifs is 1. The van der Waals surface area contributed by atoms with Gasteiger partial charge in [0.2, 0.25) is 5.95 Å². The maximum Gasteiger partial charge on any atom is 0.266 e. The van der Waals surface area contributed by atoms with Gasteiger partial charge in [0.15, 0.2) is 0 Å². The van der Waals surface area contributed by atoms with Gasteiger partial charge in [0.1, 0.15) is 23.3 Å². The second kappa shape index (κ2) is 11.2. The highest BCUT2D eigenvalue weighted by Gasteiger charge is 2.15. The molecule has 38 heavy (non-hydrogen) atoms. The minimum Gasteiger partial charge on any atom is -0.382 e. The van der Waals surface area contributed by atoms with E-state index in [0.29, 0.717) is 11.8 Å². The lowest BCUT2D eigenvalue weighted by molar-refractivity contribution is 0.833. The molecular formula is C29H28N8O. The molecule has 0 saturated carbocycles. The molecule has 0 atom stereocenters. The maximum atomic E-state index is 13.6. The van der Waals surface area contributed by atoms with Gasteiger partial charge >= 0.3 is 0 Å². The van der Waals surface area contributed by atoms with Crippen molar-refractivity contribution in [2.75, 3.05) is 30.5 Å². The molecule has 0 saturated heterocycles. The van der Waals surface area contributed by atoms with Crippen LogP contribution in [0.1, 0.15) is 18.3 Å². The largest absolute Gasteiger partial charge is 0.382 e. The summed E-state index contributed by atoms with van der Waals surface area (Å²) in [7, 11) is 4.03. The quantitative estimate of drug-likeness (QED) is 0.371. The van der Waals surface area contributed by atoms with E-state index in [-0.39, 0.29) is 22.9 Å². The number of aryl methyl sites for hydroxylation is 1. The van der Waals surface area contributed by atoms with Gasteiger partial charge in [-0.25, -0.2) is 9.97 Å². The van der Waals surface area contributed by atoms with Crippen LogP contribution in [-0.2, 0) is 6.42 Å². The van der Waals surface area contributed by atoms with Crippen LogP contribution in [0.2, 0.25) is 0 Å². The Balaban J connectivity index is 0.000000283. The molecule has 5 rings (SSSR count). The van der Waals surface area contributed by atoms with Crippen molar-refractivity contribution in [2.45, 2.75) is 13.3 Å². The lowest BCUT2D eigenvalue weighted by Crippen LogP contribution is -2.24. The van der Waals surface area contributed by atoms with E-state index in [4.69, 9.17) is 21.7 Å². The topological polar surface area (TPSA) is 140 Å². The summed E-state index contributed by atoms with van der Waals surface area (Å²) in [5, 5.41) is 9.01. The molecule has 0 fully saturated rings. The van der Waals surface area contributed by atoms with E-state index in [0.717, 1.165) is 33.8 Å². The summed E-state index contributed by atoms with van der Waals surface area (Å²) in [6.07, 6.45) is 1.97. The molecule has 2 aromatic heterocycles. The smallest absolute Gasteiger partial charge is 0.266 e. The van der Waals surface area contributed by atoms with Crippen molar-refractivity contribution in [3.8, 4) is 22.9 Å². The number of para-hydroxylation sites is 1. The third-order valence-electron chi connectivity index (χ3n) is 5.93. The van der Waals surface area contributed by atoms with Crippen molar-refractivity contribution in [1.29, 1.82) is 5.26 Å². The van der Waals surface area contributed by atoms with Crippen LogP contribution in [-0.4, -0.2) is 33.6 Å². The molecule has 0 bridgehead atoms. The van der Waals surface area contributed by atoms with Gasteiger partial charge < -0.3 is 16.4 Å². The van der Waals surface area contributed by atoms with Gasteiger partial charge in [-0.2, -0.15) is 10.2 Å². The Bertz CT molecular complexity index is 1690. The maximum absolute atomic E-state index is 13.6. The van der Waals surface area contributed by atoms with Gasteiger partial charge in [-0.05, 0) is 41.5 Å². The standard InChI is InChI=1S/C24H23N3O.C5H5N5/c1-4-22-25-21-15-9-14-20(17-10-8-13-19(16-17)26(2)3)23(21)24(28)27(22)18-11-6-5-7-12-18;6-1-3-2-9-5(8)10-4(3)7/h5-16H,4H2,1-3H3;2H,(H4,7,8,9,10). The Morgan fingerprint density at radius 1 is 0.974 bits per heavy atom. The molecule has 190 valence electrons. The number of nitrogens with zero attached hydrogens (tertiary/aromatic N) is 6. The van der Waals surface area contributed by atoms with E-state index in [1.807, 2.05) is 87.8 Å². The molecule has 0 unspecified atom stereocenters. The van der Waals surface area contributed by atoms with Crippen molar-refractivity contribution >= 4 is 28.4 Å². The summed E-state index contributed by atoms with van der Waals surface area (Å²) >= 11 is 0. The van der Waals surface area contributed by atoms with E-state index in [1.165, 1.54) is 6.20 Å². The van der Waals surface area contributed by atoms with Crippen LogP contribution in [0, 0.1) is 11.3 Å². The van der Waals surface area contributed by atoms with Crippen molar-refractivity contribution in [1.82, 2.24) is 19.5 Å². The van der Waals surface area contributed by atoms with Gasteiger partial charge in [0.05, 0.1) is 22.8 Å². The molecule has 0 spiro atoms. The Labute approximate surface area is 220 Å². The van der Waals surface area contributed by atoms with Crippen molar-refractivity contribution in [3.63, 3.8) is 0 Å². The Kier molecular flexibility index (Phi) is 7.63. The molecule has 2 heterocycles. The fourth-order valence-electron chi connectivity index (χ4n) is 4.04. The molecule has 9 nitrogen and oxygen atoms in total. The zero-order valence-electron chi connectivity index (χ0n) is 21.5. The fraction of sp³-hybridized carbons (Fsp3) is 0.138. The van der Waals surface area contributed by atoms with Crippen molar-refractivity contribution in [2.24, 2.45) is 0 Å². The summed E-state index contributed by atoms with van der Waals surface area (Å²) in [5.74, 6) is 0.967.